The molecule has 2 aromatic heterocycles. The topological polar surface area (TPSA) is 75.4 Å². The first-order valence-electron chi connectivity index (χ1n) is 10.6. The number of aryl methyl sites for hydroxylation is 1. The average molecular weight is 462 g/mol. The van der Waals surface area contributed by atoms with Crippen LogP contribution >= 0.6 is 11.3 Å². The summed E-state index contributed by atoms with van der Waals surface area (Å²) in [5.74, 6) is 0.656. The normalized spacial score (nSPS) is 13.8. The van der Waals surface area contributed by atoms with Gasteiger partial charge in [0.15, 0.2) is 0 Å². The summed E-state index contributed by atoms with van der Waals surface area (Å²) in [5.41, 5.74) is 1.58. The van der Waals surface area contributed by atoms with Crippen molar-refractivity contribution in [1.29, 1.82) is 0 Å². The number of thiazole rings is 1. The van der Waals surface area contributed by atoms with Crippen molar-refractivity contribution in [2.24, 2.45) is 11.8 Å². The molecule has 2 heterocycles. The fraction of sp³-hybridized carbons (Fsp3) is 0.478. The fourth-order valence-electron chi connectivity index (χ4n) is 3.50. The number of rotatable bonds is 10. The van der Waals surface area contributed by atoms with Crippen molar-refractivity contribution < 1.29 is 13.4 Å². The molecule has 31 heavy (non-hydrogen) atoms. The van der Waals surface area contributed by atoms with Gasteiger partial charge in [0.2, 0.25) is 5.91 Å². The van der Waals surface area contributed by atoms with Crippen LogP contribution in [0.1, 0.15) is 38.4 Å². The zero-order valence-corrected chi connectivity index (χ0v) is 20.4. The largest absolute Gasteiger partial charge is 0.464 e. The lowest BCUT2D eigenvalue weighted by molar-refractivity contribution is -0.134. The fourth-order valence-corrected chi connectivity index (χ4v) is 5.13. The van der Waals surface area contributed by atoms with E-state index >= 15 is 0 Å². The van der Waals surface area contributed by atoms with Crippen LogP contribution in [0.15, 0.2) is 45.2 Å². The molecule has 0 fully saturated rings. The lowest BCUT2D eigenvalue weighted by Gasteiger charge is -2.30. The van der Waals surface area contributed by atoms with Crippen LogP contribution in [-0.2, 0) is 22.2 Å². The minimum atomic E-state index is -1.55. The van der Waals surface area contributed by atoms with E-state index in [2.05, 4.69) is 37.4 Å². The van der Waals surface area contributed by atoms with Crippen molar-refractivity contribution in [3.63, 3.8) is 0 Å². The molecule has 2 atom stereocenters. The van der Waals surface area contributed by atoms with Crippen molar-refractivity contribution in [2.45, 2.75) is 52.0 Å². The molecule has 6 nitrogen and oxygen atoms in total. The Morgan fingerprint density at radius 1 is 1.19 bits per heavy atom. The summed E-state index contributed by atoms with van der Waals surface area (Å²) in [7, 11) is -1.55. The van der Waals surface area contributed by atoms with E-state index in [1.54, 1.807) is 29.7 Å². The maximum absolute atomic E-state index is 13.6. The minimum absolute atomic E-state index is 0.0363. The number of hydrogen-bond donors (Lipinski definition) is 1. The number of fused-ring (bicyclic) bond motifs is 1. The number of benzene rings is 1. The van der Waals surface area contributed by atoms with Crippen molar-refractivity contribution >= 4 is 39.2 Å². The Balaban J connectivity index is 1.85. The van der Waals surface area contributed by atoms with E-state index in [0.29, 0.717) is 36.2 Å². The van der Waals surface area contributed by atoms with Gasteiger partial charge >= 0.3 is 0 Å². The van der Waals surface area contributed by atoms with Crippen LogP contribution in [0.4, 0.5) is 0 Å². The molecule has 1 N–H and O–H groups in total. The average Bonchev–Trinajstić information content (AvgIpc) is 3.33. The Morgan fingerprint density at radius 2 is 1.90 bits per heavy atom. The lowest BCUT2D eigenvalue weighted by atomic mass is 10.1. The van der Waals surface area contributed by atoms with Crippen molar-refractivity contribution in [2.75, 3.05) is 13.1 Å². The molecule has 3 aromatic rings. The molecule has 1 amide bonds. The number of carbonyl (C=O) groups excluding carboxylic acids is 1. The van der Waals surface area contributed by atoms with Gasteiger partial charge in [0.05, 0.1) is 21.9 Å². The highest BCUT2D eigenvalue weighted by Gasteiger charge is 2.28. The Bertz CT molecular complexity index is 1030. The Labute approximate surface area is 190 Å². The second-order valence-corrected chi connectivity index (χ2v) is 11.0. The molecule has 0 saturated carbocycles. The molecular weight excluding hydrogens is 430 g/mol. The lowest BCUT2D eigenvalue weighted by Crippen LogP contribution is -2.50. The van der Waals surface area contributed by atoms with Gasteiger partial charge in [0, 0.05) is 30.3 Å². The number of furan rings is 1. The van der Waals surface area contributed by atoms with Crippen molar-refractivity contribution in [3.8, 4) is 0 Å². The molecule has 0 bridgehead atoms. The molecule has 0 saturated heterocycles. The molecule has 0 radical (unpaired) electrons. The van der Waals surface area contributed by atoms with Gasteiger partial charge in [-0.15, -0.1) is 11.3 Å². The summed E-state index contributed by atoms with van der Waals surface area (Å²) in [4.78, 5) is 20.6. The number of hydrogen-bond acceptors (Lipinski definition) is 5. The zero-order chi connectivity index (χ0) is 22.5. The van der Waals surface area contributed by atoms with Crippen LogP contribution in [0.5, 0.6) is 0 Å². The summed E-state index contributed by atoms with van der Waals surface area (Å²) < 4.78 is 21.6. The molecule has 0 spiro atoms. The summed E-state index contributed by atoms with van der Waals surface area (Å²) >= 11 is 1.56. The van der Waals surface area contributed by atoms with Crippen LogP contribution in [0.3, 0.4) is 0 Å². The molecule has 8 heteroatoms. The first-order chi connectivity index (χ1) is 14.7. The van der Waals surface area contributed by atoms with E-state index in [0.717, 1.165) is 21.7 Å². The van der Waals surface area contributed by atoms with Crippen molar-refractivity contribution in [1.82, 2.24) is 14.6 Å². The predicted molar refractivity (Wildman–Crippen MR) is 126 cm³/mol. The van der Waals surface area contributed by atoms with E-state index in [1.165, 1.54) is 0 Å². The van der Waals surface area contributed by atoms with E-state index in [9.17, 15) is 9.00 Å². The van der Waals surface area contributed by atoms with E-state index in [-0.39, 0.29) is 5.91 Å². The standard InChI is InChI=1S/C23H31N3O3S2/c1-15(2)12-26(13-16(3)4)23(27)21(11-19-14-30-17(5)24-19)25-31(28)20-6-7-22-18(10-20)8-9-29-22/h6-10,14-16,21,25H,11-13H2,1-5H3. The van der Waals surface area contributed by atoms with Gasteiger partial charge in [-0.25, -0.2) is 13.9 Å². The maximum Gasteiger partial charge on any atom is 0.241 e. The molecular formula is C23H31N3O3S2. The first-order valence-corrected chi connectivity index (χ1v) is 12.6. The van der Waals surface area contributed by atoms with Crippen LogP contribution in [0.25, 0.3) is 11.0 Å². The van der Waals surface area contributed by atoms with Gasteiger partial charge in [-0.1, -0.05) is 27.7 Å². The first kappa shape index (κ1) is 23.6. The zero-order valence-electron chi connectivity index (χ0n) is 18.8. The monoisotopic (exact) mass is 461 g/mol. The molecule has 2 unspecified atom stereocenters. The SMILES string of the molecule is Cc1nc(CC(NS(=O)c2ccc3occc3c2)C(=O)N(CC(C)C)CC(C)C)cs1. The summed E-state index contributed by atoms with van der Waals surface area (Å²) in [6, 6.07) is 6.61. The van der Waals surface area contributed by atoms with E-state index < -0.39 is 17.0 Å². The summed E-state index contributed by atoms with van der Waals surface area (Å²) in [6.07, 6.45) is 2.01. The quantitative estimate of drug-likeness (QED) is 0.480. The molecule has 3 rings (SSSR count). The van der Waals surface area contributed by atoms with Crippen LogP contribution in [-0.4, -0.2) is 39.1 Å². The molecule has 0 aliphatic rings. The number of nitrogens with zero attached hydrogens (tertiary/aromatic N) is 2. The second kappa shape index (κ2) is 10.5. The third-order valence-electron chi connectivity index (χ3n) is 4.75. The highest BCUT2D eigenvalue weighted by atomic mass is 32.2. The third kappa shape index (κ3) is 6.48. The van der Waals surface area contributed by atoms with Gasteiger partial charge in [-0.2, -0.15) is 0 Å². The predicted octanol–water partition coefficient (Wildman–Crippen LogP) is 4.56. The van der Waals surface area contributed by atoms with Crippen LogP contribution in [0.2, 0.25) is 0 Å². The molecule has 0 aliphatic carbocycles. The molecule has 0 aliphatic heterocycles. The molecule has 1 aromatic carbocycles. The smallest absolute Gasteiger partial charge is 0.241 e. The van der Waals surface area contributed by atoms with Crippen LogP contribution < -0.4 is 4.72 Å². The number of nitrogens with one attached hydrogen (secondary N) is 1. The minimum Gasteiger partial charge on any atom is -0.464 e. The van der Waals surface area contributed by atoms with Gasteiger partial charge in [-0.05, 0) is 43.0 Å². The van der Waals surface area contributed by atoms with Gasteiger partial charge in [0.25, 0.3) is 0 Å². The van der Waals surface area contributed by atoms with E-state index in [1.807, 2.05) is 29.3 Å². The maximum atomic E-state index is 13.6. The highest BCUT2D eigenvalue weighted by Crippen LogP contribution is 2.20. The number of aromatic nitrogens is 1. The van der Waals surface area contributed by atoms with Crippen LogP contribution in [0, 0.1) is 18.8 Å². The van der Waals surface area contributed by atoms with Gasteiger partial charge in [0.1, 0.15) is 22.6 Å². The van der Waals surface area contributed by atoms with E-state index in [4.69, 9.17) is 4.42 Å². The number of amides is 1. The van der Waals surface area contributed by atoms with Crippen molar-refractivity contribution in [3.05, 3.63) is 46.6 Å². The van der Waals surface area contributed by atoms with Gasteiger partial charge in [-0.3, -0.25) is 4.79 Å². The Hall–Kier alpha value is -2.03. The Morgan fingerprint density at radius 3 is 2.52 bits per heavy atom. The summed E-state index contributed by atoms with van der Waals surface area (Å²) in [5, 5.41) is 3.80. The van der Waals surface area contributed by atoms with Gasteiger partial charge < -0.3 is 9.32 Å². The number of carbonyl (C=O) groups is 1. The Kier molecular flexibility index (Phi) is 8.02. The second-order valence-electron chi connectivity index (χ2n) is 8.65. The molecule has 168 valence electrons. The summed E-state index contributed by atoms with van der Waals surface area (Å²) in [6.45, 7) is 11.7. The third-order valence-corrected chi connectivity index (χ3v) is 6.75. The highest BCUT2D eigenvalue weighted by molar-refractivity contribution is 7.83.